The molecule has 4 rings (SSSR count). The molecule has 2 heterocycles. The second-order valence-corrected chi connectivity index (χ2v) is 7.19. The number of nitrogens with one attached hydrogen (secondary N) is 1. The zero-order valence-electron chi connectivity index (χ0n) is 15.6. The number of rotatable bonds is 5. The van der Waals surface area contributed by atoms with Crippen LogP contribution in [0.1, 0.15) is 37.1 Å². The number of amides is 1. The Bertz CT molecular complexity index is 884. The fourth-order valence-corrected chi connectivity index (χ4v) is 3.69. The van der Waals surface area contributed by atoms with Crippen LogP contribution in [0.5, 0.6) is 0 Å². The largest absolute Gasteiger partial charge is 0.440 e. The lowest BCUT2D eigenvalue weighted by Crippen LogP contribution is -2.39. The van der Waals surface area contributed by atoms with Gasteiger partial charge in [0.05, 0.1) is 6.54 Å². The number of hydrogen-bond donors (Lipinski definition) is 1. The summed E-state index contributed by atoms with van der Waals surface area (Å²) in [6, 6.07) is 15.9. The fraction of sp³-hybridized carbons (Fsp3) is 0.364. The van der Waals surface area contributed by atoms with E-state index in [-0.39, 0.29) is 11.8 Å². The number of benzene rings is 2. The Morgan fingerprint density at radius 1 is 1.22 bits per heavy atom. The maximum Gasteiger partial charge on any atom is 0.238 e. The molecule has 1 atom stereocenters. The van der Waals surface area contributed by atoms with Gasteiger partial charge in [-0.3, -0.25) is 9.69 Å². The van der Waals surface area contributed by atoms with Gasteiger partial charge in [-0.25, -0.2) is 4.98 Å². The third-order valence-corrected chi connectivity index (χ3v) is 5.18. The number of fused-ring (bicyclic) bond motifs is 1. The molecule has 3 aromatic rings. The molecule has 5 nitrogen and oxygen atoms in total. The van der Waals surface area contributed by atoms with Crippen molar-refractivity contribution in [3.8, 4) is 0 Å². The summed E-state index contributed by atoms with van der Waals surface area (Å²) in [4.78, 5) is 19.3. The summed E-state index contributed by atoms with van der Waals surface area (Å²) in [6.07, 6.45) is 3.09. The number of aryl methyl sites for hydroxylation is 1. The van der Waals surface area contributed by atoms with Crippen molar-refractivity contribution in [2.24, 2.45) is 0 Å². The number of carbonyl (C=O) groups is 1. The van der Waals surface area contributed by atoms with Gasteiger partial charge in [0.15, 0.2) is 11.5 Å². The molecule has 1 aliphatic heterocycles. The summed E-state index contributed by atoms with van der Waals surface area (Å²) < 4.78 is 5.94. The lowest BCUT2D eigenvalue weighted by Gasteiger charge is -2.30. The van der Waals surface area contributed by atoms with Crippen molar-refractivity contribution in [1.82, 2.24) is 9.88 Å². The van der Waals surface area contributed by atoms with Gasteiger partial charge in [-0.2, -0.15) is 0 Å². The predicted octanol–water partition coefficient (Wildman–Crippen LogP) is 4.21. The van der Waals surface area contributed by atoms with Crippen molar-refractivity contribution in [2.45, 2.75) is 32.1 Å². The van der Waals surface area contributed by atoms with Gasteiger partial charge < -0.3 is 9.73 Å². The first-order valence-corrected chi connectivity index (χ1v) is 9.68. The lowest BCUT2D eigenvalue weighted by atomic mass is 9.98. The number of oxazole rings is 1. The summed E-state index contributed by atoms with van der Waals surface area (Å²) in [7, 11) is 0. The molecule has 1 aromatic heterocycles. The predicted molar refractivity (Wildman–Crippen MR) is 107 cm³/mol. The molecular formula is C22H25N3O2. The molecule has 1 aliphatic rings. The molecule has 0 radical (unpaired) electrons. The first kappa shape index (κ1) is 17.7. The van der Waals surface area contributed by atoms with E-state index in [9.17, 15) is 4.79 Å². The molecule has 1 fully saturated rings. The van der Waals surface area contributed by atoms with E-state index in [1.54, 1.807) is 0 Å². The number of para-hydroxylation sites is 2. The second-order valence-electron chi connectivity index (χ2n) is 7.19. The highest BCUT2D eigenvalue weighted by Gasteiger charge is 2.26. The average Bonchev–Trinajstić information content (AvgIpc) is 3.13. The van der Waals surface area contributed by atoms with E-state index in [0.29, 0.717) is 6.54 Å². The van der Waals surface area contributed by atoms with Crippen molar-refractivity contribution >= 4 is 22.7 Å². The Morgan fingerprint density at radius 2 is 2.04 bits per heavy atom. The van der Waals surface area contributed by atoms with E-state index < -0.39 is 0 Å². The Kier molecular flexibility index (Phi) is 5.21. The van der Waals surface area contributed by atoms with Crippen LogP contribution in [0.25, 0.3) is 11.1 Å². The molecule has 27 heavy (non-hydrogen) atoms. The minimum atomic E-state index is 0.0254. The highest BCUT2D eigenvalue weighted by molar-refractivity contribution is 5.92. The molecule has 0 saturated carbocycles. The second kappa shape index (κ2) is 7.92. The molecule has 0 aliphatic carbocycles. The van der Waals surface area contributed by atoms with E-state index >= 15 is 0 Å². The van der Waals surface area contributed by atoms with Crippen LogP contribution in [-0.2, 0) is 11.2 Å². The lowest BCUT2D eigenvalue weighted by molar-refractivity contribution is -0.117. The standard InChI is InChI=1S/C22H25N3O2/c1-2-16-9-11-18(12-10-16)23-21(26)15-25-13-5-6-17(14-25)22-24-19-7-3-4-8-20(19)27-22/h3-4,7-12,17H,2,5-6,13-15H2,1H3,(H,23,26). The van der Waals surface area contributed by atoms with Crippen molar-refractivity contribution in [3.63, 3.8) is 0 Å². The molecule has 0 bridgehead atoms. The summed E-state index contributed by atoms with van der Waals surface area (Å²) >= 11 is 0. The van der Waals surface area contributed by atoms with Crippen LogP contribution in [0, 0.1) is 0 Å². The van der Waals surface area contributed by atoms with Crippen LogP contribution in [-0.4, -0.2) is 35.4 Å². The highest BCUT2D eigenvalue weighted by Crippen LogP contribution is 2.28. The molecule has 2 aromatic carbocycles. The van der Waals surface area contributed by atoms with Crippen LogP contribution < -0.4 is 5.32 Å². The first-order valence-electron chi connectivity index (χ1n) is 9.68. The molecule has 5 heteroatoms. The summed E-state index contributed by atoms with van der Waals surface area (Å²) in [5, 5.41) is 3.00. The van der Waals surface area contributed by atoms with Crippen molar-refractivity contribution < 1.29 is 9.21 Å². The average molecular weight is 363 g/mol. The number of nitrogens with zero attached hydrogens (tertiary/aromatic N) is 2. The zero-order valence-corrected chi connectivity index (χ0v) is 15.6. The Hall–Kier alpha value is -2.66. The van der Waals surface area contributed by atoms with E-state index in [1.165, 1.54) is 5.56 Å². The van der Waals surface area contributed by atoms with Crippen molar-refractivity contribution in [3.05, 3.63) is 60.0 Å². The van der Waals surface area contributed by atoms with Crippen LogP contribution in [0.2, 0.25) is 0 Å². The number of piperidine rings is 1. The maximum absolute atomic E-state index is 12.4. The number of anilines is 1. The molecule has 1 N–H and O–H groups in total. The SMILES string of the molecule is CCc1ccc(NC(=O)CN2CCCC(c3nc4ccccc4o3)C2)cc1. The highest BCUT2D eigenvalue weighted by atomic mass is 16.3. The molecular weight excluding hydrogens is 338 g/mol. The monoisotopic (exact) mass is 363 g/mol. The van der Waals surface area contributed by atoms with Crippen LogP contribution in [0.4, 0.5) is 5.69 Å². The third kappa shape index (κ3) is 4.19. The van der Waals surface area contributed by atoms with Gasteiger partial charge in [-0.1, -0.05) is 31.2 Å². The maximum atomic E-state index is 12.4. The molecule has 140 valence electrons. The molecule has 1 saturated heterocycles. The molecule has 1 unspecified atom stereocenters. The van der Waals surface area contributed by atoms with Crippen LogP contribution in [0.15, 0.2) is 52.9 Å². The summed E-state index contributed by atoms with van der Waals surface area (Å²) in [6.45, 7) is 4.25. The topological polar surface area (TPSA) is 58.4 Å². The summed E-state index contributed by atoms with van der Waals surface area (Å²) in [5.41, 5.74) is 3.85. The first-order chi connectivity index (χ1) is 13.2. The van der Waals surface area contributed by atoms with Crippen LogP contribution in [0.3, 0.4) is 0 Å². The minimum Gasteiger partial charge on any atom is -0.440 e. The normalized spacial score (nSPS) is 17.9. The van der Waals surface area contributed by atoms with Crippen LogP contribution >= 0.6 is 0 Å². The van der Waals surface area contributed by atoms with E-state index in [0.717, 1.165) is 55.0 Å². The van der Waals surface area contributed by atoms with Gasteiger partial charge in [-0.05, 0) is 55.6 Å². The van der Waals surface area contributed by atoms with Gasteiger partial charge in [0, 0.05) is 18.2 Å². The van der Waals surface area contributed by atoms with Crippen molar-refractivity contribution in [2.75, 3.05) is 25.0 Å². The number of carbonyl (C=O) groups excluding carboxylic acids is 1. The molecule has 1 amide bonds. The van der Waals surface area contributed by atoms with E-state index in [4.69, 9.17) is 4.42 Å². The molecule has 0 spiro atoms. The summed E-state index contributed by atoms with van der Waals surface area (Å²) in [5.74, 6) is 1.05. The Labute approximate surface area is 159 Å². The minimum absolute atomic E-state index is 0.0254. The number of hydrogen-bond acceptors (Lipinski definition) is 4. The van der Waals surface area contributed by atoms with Gasteiger partial charge in [0.2, 0.25) is 5.91 Å². The Balaban J connectivity index is 1.36. The number of aromatic nitrogens is 1. The van der Waals surface area contributed by atoms with Gasteiger partial charge in [0.1, 0.15) is 5.52 Å². The smallest absolute Gasteiger partial charge is 0.238 e. The van der Waals surface area contributed by atoms with E-state index in [2.05, 4.69) is 34.3 Å². The van der Waals surface area contributed by atoms with E-state index in [1.807, 2.05) is 36.4 Å². The zero-order chi connectivity index (χ0) is 18.6. The van der Waals surface area contributed by atoms with Gasteiger partial charge in [-0.15, -0.1) is 0 Å². The van der Waals surface area contributed by atoms with Gasteiger partial charge >= 0.3 is 0 Å². The van der Waals surface area contributed by atoms with Gasteiger partial charge in [0.25, 0.3) is 0 Å². The fourth-order valence-electron chi connectivity index (χ4n) is 3.69. The third-order valence-electron chi connectivity index (χ3n) is 5.18. The quantitative estimate of drug-likeness (QED) is 0.738. The van der Waals surface area contributed by atoms with Crippen molar-refractivity contribution in [1.29, 1.82) is 0 Å². The Morgan fingerprint density at radius 3 is 2.81 bits per heavy atom. The number of likely N-dealkylation sites (tertiary alicyclic amines) is 1.